The van der Waals surface area contributed by atoms with Gasteiger partial charge in [0.15, 0.2) is 0 Å². The Labute approximate surface area is 121 Å². The van der Waals surface area contributed by atoms with Crippen LogP contribution in [0.15, 0.2) is 18.2 Å². The van der Waals surface area contributed by atoms with E-state index in [9.17, 15) is 9.18 Å². The molecule has 1 N–H and O–H groups in total. The van der Waals surface area contributed by atoms with E-state index >= 15 is 0 Å². The minimum Gasteiger partial charge on any atom is -0.465 e. The van der Waals surface area contributed by atoms with E-state index in [4.69, 9.17) is 9.47 Å². The Bertz CT molecular complexity index is 738. The summed E-state index contributed by atoms with van der Waals surface area (Å²) in [6.07, 6.45) is 1.37. The van der Waals surface area contributed by atoms with Gasteiger partial charge in [0.1, 0.15) is 11.4 Å². The van der Waals surface area contributed by atoms with Crippen molar-refractivity contribution in [2.75, 3.05) is 13.2 Å². The van der Waals surface area contributed by atoms with Gasteiger partial charge in [0.05, 0.1) is 24.8 Å². The molecule has 4 nitrogen and oxygen atoms in total. The summed E-state index contributed by atoms with van der Waals surface area (Å²) in [7, 11) is 0. The van der Waals surface area contributed by atoms with Crippen LogP contribution < -0.4 is 0 Å². The number of nitrogens with one attached hydrogen (secondary N) is 1. The highest BCUT2D eigenvalue weighted by Crippen LogP contribution is 2.44. The Morgan fingerprint density at radius 2 is 2.24 bits per heavy atom. The molecule has 0 bridgehead atoms. The van der Waals surface area contributed by atoms with Crippen LogP contribution in [-0.4, -0.2) is 24.2 Å². The first kappa shape index (κ1) is 12.8. The first-order valence-electron chi connectivity index (χ1n) is 7.21. The summed E-state index contributed by atoms with van der Waals surface area (Å²) in [5.41, 5.74) is 2.09. The second-order valence-corrected chi connectivity index (χ2v) is 5.88. The highest BCUT2D eigenvalue weighted by molar-refractivity contribution is 5.86. The van der Waals surface area contributed by atoms with Crippen LogP contribution >= 0.6 is 0 Å². The molecule has 0 unspecified atom stereocenters. The third kappa shape index (κ3) is 1.73. The monoisotopic (exact) mass is 289 g/mol. The zero-order valence-corrected chi connectivity index (χ0v) is 11.7. The Kier molecular flexibility index (Phi) is 2.63. The van der Waals surface area contributed by atoms with Gasteiger partial charge in [-0.15, -0.1) is 0 Å². The molecule has 110 valence electrons. The summed E-state index contributed by atoms with van der Waals surface area (Å²) in [6, 6.07) is 4.71. The van der Waals surface area contributed by atoms with E-state index in [1.165, 1.54) is 6.07 Å². The van der Waals surface area contributed by atoms with Gasteiger partial charge in [-0.2, -0.15) is 0 Å². The van der Waals surface area contributed by atoms with E-state index in [0.29, 0.717) is 19.6 Å². The lowest BCUT2D eigenvalue weighted by molar-refractivity contribution is -0.154. The number of esters is 1. The van der Waals surface area contributed by atoms with E-state index in [0.717, 1.165) is 28.6 Å². The molecular weight excluding hydrogens is 273 g/mol. The van der Waals surface area contributed by atoms with E-state index < -0.39 is 5.60 Å². The number of hydrogen-bond donors (Lipinski definition) is 1. The third-order valence-corrected chi connectivity index (χ3v) is 4.72. The van der Waals surface area contributed by atoms with E-state index in [1.54, 1.807) is 12.1 Å². The van der Waals surface area contributed by atoms with Gasteiger partial charge < -0.3 is 14.5 Å². The molecule has 2 atom stereocenters. The first-order chi connectivity index (χ1) is 10.1. The van der Waals surface area contributed by atoms with Crippen molar-refractivity contribution in [3.05, 3.63) is 35.3 Å². The number of carbonyl (C=O) groups excluding carboxylic acids is 1. The predicted octanol–water partition coefficient (Wildman–Crippen LogP) is 2.66. The van der Waals surface area contributed by atoms with Crippen molar-refractivity contribution in [2.45, 2.75) is 25.4 Å². The van der Waals surface area contributed by atoms with E-state index in [1.807, 2.05) is 6.92 Å². The quantitative estimate of drug-likeness (QED) is 0.821. The normalized spacial score (nSPS) is 28.7. The molecule has 1 aromatic carbocycles. The van der Waals surface area contributed by atoms with Crippen molar-refractivity contribution in [3.63, 3.8) is 0 Å². The third-order valence-electron chi connectivity index (χ3n) is 4.72. The lowest BCUT2D eigenvalue weighted by Gasteiger charge is -2.37. The summed E-state index contributed by atoms with van der Waals surface area (Å²) >= 11 is 0. The van der Waals surface area contributed by atoms with Crippen molar-refractivity contribution in [1.29, 1.82) is 0 Å². The molecule has 4 rings (SSSR count). The van der Waals surface area contributed by atoms with Gasteiger partial charge >= 0.3 is 5.97 Å². The van der Waals surface area contributed by atoms with Crippen molar-refractivity contribution in [2.24, 2.45) is 5.92 Å². The number of benzene rings is 1. The number of H-pyrrole nitrogens is 1. The number of halogens is 1. The SMILES string of the molecule is C[C@@]1([C@H]2CCOC2=O)OCCc2c1[nH]c1ccc(F)cc21. The number of rotatable bonds is 1. The van der Waals surface area contributed by atoms with Gasteiger partial charge in [0.25, 0.3) is 0 Å². The maximum absolute atomic E-state index is 13.5. The zero-order chi connectivity index (χ0) is 14.6. The van der Waals surface area contributed by atoms with Gasteiger partial charge in [0, 0.05) is 10.9 Å². The van der Waals surface area contributed by atoms with Crippen LogP contribution in [0.4, 0.5) is 4.39 Å². The summed E-state index contributed by atoms with van der Waals surface area (Å²) < 4.78 is 24.6. The second kappa shape index (κ2) is 4.31. The molecule has 1 fully saturated rings. The fourth-order valence-electron chi connectivity index (χ4n) is 3.61. The summed E-state index contributed by atoms with van der Waals surface area (Å²) in [6.45, 7) is 2.89. The summed E-state index contributed by atoms with van der Waals surface area (Å²) in [4.78, 5) is 15.3. The van der Waals surface area contributed by atoms with Crippen molar-refractivity contribution < 1.29 is 18.7 Å². The number of hydrogen-bond acceptors (Lipinski definition) is 3. The van der Waals surface area contributed by atoms with Crippen LogP contribution in [0, 0.1) is 11.7 Å². The molecule has 0 aliphatic carbocycles. The fourth-order valence-corrected chi connectivity index (χ4v) is 3.61. The maximum Gasteiger partial charge on any atom is 0.312 e. The second-order valence-electron chi connectivity index (χ2n) is 5.88. The molecule has 0 radical (unpaired) electrons. The van der Waals surface area contributed by atoms with Gasteiger partial charge in [-0.3, -0.25) is 4.79 Å². The molecule has 5 heteroatoms. The number of ether oxygens (including phenoxy) is 2. The first-order valence-corrected chi connectivity index (χ1v) is 7.21. The number of fused-ring (bicyclic) bond motifs is 3. The van der Waals surface area contributed by atoms with Gasteiger partial charge in [0.2, 0.25) is 0 Å². The molecule has 3 heterocycles. The van der Waals surface area contributed by atoms with E-state index in [2.05, 4.69) is 4.98 Å². The predicted molar refractivity (Wildman–Crippen MR) is 74.3 cm³/mol. The Morgan fingerprint density at radius 3 is 3.00 bits per heavy atom. The van der Waals surface area contributed by atoms with Crippen LogP contribution in [-0.2, 0) is 26.3 Å². The smallest absolute Gasteiger partial charge is 0.312 e. The molecular formula is C16H16FNO3. The molecule has 0 amide bonds. The molecule has 0 spiro atoms. The summed E-state index contributed by atoms with van der Waals surface area (Å²) in [5, 5.41) is 0.880. The lowest BCUT2D eigenvalue weighted by Crippen LogP contribution is -2.41. The molecule has 0 saturated carbocycles. The van der Waals surface area contributed by atoms with Crippen molar-refractivity contribution >= 4 is 16.9 Å². The highest BCUT2D eigenvalue weighted by Gasteiger charge is 2.49. The average molecular weight is 289 g/mol. The minimum atomic E-state index is -0.726. The standard InChI is InChI=1S/C16H16FNO3/c1-16(12-5-6-20-15(12)19)14-10(4-7-21-16)11-8-9(17)2-3-13(11)18-14/h2-3,8,12,18H,4-7H2,1H3/t12-,16-/m0/s1. The van der Waals surface area contributed by atoms with Crippen LogP contribution in [0.3, 0.4) is 0 Å². The zero-order valence-electron chi connectivity index (χ0n) is 11.7. The fraction of sp³-hybridized carbons (Fsp3) is 0.438. The minimum absolute atomic E-state index is 0.213. The molecule has 1 saturated heterocycles. The number of carbonyl (C=O) groups is 1. The Morgan fingerprint density at radius 1 is 1.38 bits per heavy atom. The average Bonchev–Trinajstić information content (AvgIpc) is 3.04. The number of aromatic nitrogens is 1. The van der Waals surface area contributed by atoms with Crippen LogP contribution in [0.5, 0.6) is 0 Å². The van der Waals surface area contributed by atoms with Gasteiger partial charge in [-0.05, 0) is 43.5 Å². The Hall–Kier alpha value is -1.88. The molecule has 1 aromatic heterocycles. The van der Waals surface area contributed by atoms with Crippen LogP contribution in [0.1, 0.15) is 24.6 Å². The van der Waals surface area contributed by atoms with Crippen LogP contribution in [0.2, 0.25) is 0 Å². The van der Waals surface area contributed by atoms with Gasteiger partial charge in [-0.1, -0.05) is 0 Å². The van der Waals surface area contributed by atoms with E-state index in [-0.39, 0.29) is 17.7 Å². The van der Waals surface area contributed by atoms with Crippen molar-refractivity contribution in [3.8, 4) is 0 Å². The number of aromatic amines is 1. The van der Waals surface area contributed by atoms with Crippen LogP contribution in [0.25, 0.3) is 10.9 Å². The molecule has 2 aliphatic rings. The highest BCUT2D eigenvalue weighted by atomic mass is 19.1. The number of cyclic esters (lactones) is 1. The lowest BCUT2D eigenvalue weighted by atomic mass is 9.81. The maximum atomic E-state index is 13.5. The summed E-state index contributed by atoms with van der Waals surface area (Å²) in [5.74, 6) is -0.776. The van der Waals surface area contributed by atoms with Crippen molar-refractivity contribution in [1.82, 2.24) is 4.98 Å². The molecule has 21 heavy (non-hydrogen) atoms. The molecule has 2 aromatic rings. The molecule has 2 aliphatic heterocycles. The largest absolute Gasteiger partial charge is 0.465 e. The Balaban J connectivity index is 1.91. The topological polar surface area (TPSA) is 51.3 Å². The van der Waals surface area contributed by atoms with Gasteiger partial charge in [-0.25, -0.2) is 4.39 Å².